The number of aromatic nitrogens is 1. The number of hydrogen-bond acceptors (Lipinski definition) is 3. The summed E-state index contributed by atoms with van der Waals surface area (Å²) >= 11 is 0. The summed E-state index contributed by atoms with van der Waals surface area (Å²) in [6.07, 6.45) is 6.29. The Morgan fingerprint density at radius 1 is 1.29 bits per heavy atom. The van der Waals surface area contributed by atoms with Gasteiger partial charge in [-0.1, -0.05) is 19.3 Å². The summed E-state index contributed by atoms with van der Waals surface area (Å²) in [5.74, 6) is -1.11. The van der Waals surface area contributed by atoms with Crippen LogP contribution in [0.1, 0.15) is 59.8 Å². The van der Waals surface area contributed by atoms with Crippen molar-refractivity contribution in [3.05, 3.63) is 33.2 Å². The van der Waals surface area contributed by atoms with Crippen molar-refractivity contribution < 1.29 is 9.90 Å². The summed E-state index contributed by atoms with van der Waals surface area (Å²) in [5.41, 5.74) is 1.69. The summed E-state index contributed by atoms with van der Waals surface area (Å²) < 4.78 is 1.82. The minimum absolute atomic E-state index is 0.0744. The van der Waals surface area contributed by atoms with E-state index in [0.29, 0.717) is 0 Å². The third-order valence-corrected chi connectivity index (χ3v) is 4.77. The number of hydrogen-bond donors (Lipinski definition) is 1. The summed E-state index contributed by atoms with van der Waals surface area (Å²) in [4.78, 5) is 26.2. The van der Waals surface area contributed by atoms with Gasteiger partial charge in [-0.15, -0.1) is 0 Å². The van der Waals surface area contributed by atoms with Crippen LogP contribution in [0.3, 0.4) is 0 Å². The van der Waals surface area contributed by atoms with Crippen LogP contribution < -0.4 is 5.56 Å². The van der Waals surface area contributed by atoms with E-state index in [-0.39, 0.29) is 17.2 Å². The van der Waals surface area contributed by atoms with Gasteiger partial charge in [-0.05, 0) is 31.5 Å². The van der Waals surface area contributed by atoms with Crippen molar-refractivity contribution in [2.45, 2.75) is 51.1 Å². The summed E-state index contributed by atoms with van der Waals surface area (Å²) in [6.45, 7) is 1.65. The Balaban J connectivity index is 2.15. The maximum atomic E-state index is 12.6. The van der Waals surface area contributed by atoms with E-state index in [0.717, 1.165) is 56.5 Å². The summed E-state index contributed by atoms with van der Waals surface area (Å²) in [6, 6.07) is 1.78. The molecule has 21 heavy (non-hydrogen) atoms. The maximum Gasteiger partial charge on any atom is 0.341 e. The van der Waals surface area contributed by atoms with Gasteiger partial charge in [-0.3, -0.25) is 4.79 Å². The molecule has 0 unspecified atom stereocenters. The fourth-order valence-electron chi connectivity index (χ4n) is 3.69. The molecule has 0 radical (unpaired) electrons. The average Bonchev–Trinajstić information content (AvgIpc) is 2.47. The molecule has 3 rings (SSSR count). The Morgan fingerprint density at radius 3 is 2.67 bits per heavy atom. The zero-order chi connectivity index (χ0) is 15.0. The Hall–Kier alpha value is -1.62. The molecular weight excluding hydrogens is 268 g/mol. The van der Waals surface area contributed by atoms with Gasteiger partial charge in [0.15, 0.2) is 0 Å². The lowest BCUT2D eigenvalue weighted by atomic mass is 9.93. The summed E-state index contributed by atoms with van der Waals surface area (Å²) in [7, 11) is 2.03. The van der Waals surface area contributed by atoms with E-state index in [1.54, 1.807) is 6.07 Å². The highest BCUT2D eigenvalue weighted by atomic mass is 16.4. The molecule has 1 aliphatic carbocycles. The van der Waals surface area contributed by atoms with Crippen molar-refractivity contribution in [3.8, 4) is 0 Å². The average molecular weight is 290 g/mol. The number of carboxylic acid groups (broad SMARTS) is 1. The van der Waals surface area contributed by atoms with Gasteiger partial charge in [0.1, 0.15) is 5.56 Å². The Kier molecular flexibility index (Phi) is 3.85. The predicted molar refractivity (Wildman–Crippen MR) is 79.8 cm³/mol. The molecular formula is C16H22N2O3. The van der Waals surface area contributed by atoms with Crippen LogP contribution in [0.5, 0.6) is 0 Å². The number of carboxylic acids is 1. The normalized spacial score (nSPS) is 20.2. The van der Waals surface area contributed by atoms with Crippen LogP contribution >= 0.6 is 0 Å². The van der Waals surface area contributed by atoms with Crippen molar-refractivity contribution in [1.82, 2.24) is 9.47 Å². The maximum absolute atomic E-state index is 12.6. The molecule has 1 aliphatic heterocycles. The third-order valence-electron chi connectivity index (χ3n) is 4.77. The van der Waals surface area contributed by atoms with Crippen LogP contribution in [0.15, 0.2) is 10.9 Å². The first kappa shape index (κ1) is 14.3. The van der Waals surface area contributed by atoms with Crippen LogP contribution in [-0.4, -0.2) is 34.1 Å². The third kappa shape index (κ3) is 2.62. The monoisotopic (exact) mass is 290 g/mol. The van der Waals surface area contributed by atoms with Gasteiger partial charge >= 0.3 is 5.97 Å². The number of aromatic carboxylic acids is 1. The van der Waals surface area contributed by atoms with E-state index in [4.69, 9.17) is 0 Å². The standard InChI is InChI=1S/C16H22N2O3/c1-17-8-7-14-11(10-17)9-13(16(20)21)15(19)18(14)12-5-3-2-4-6-12/h9,12H,2-8,10H2,1H3,(H,20,21). The van der Waals surface area contributed by atoms with Crippen molar-refractivity contribution >= 4 is 5.97 Å². The Morgan fingerprint density at radius 2 is 2.00 bits per heavy atom. The first-order valence-electron chi connectivity index (χ1n) is 7.77. The van der Waals surface area contributed by atoms with Crippen molar-refractivity contribution in [3.63, 3.8) is 0 Å². The number of nitrogens with zero attached hydrogens (tertiary/aromatic N) is 2. The topological polar surface area (TPSA) is 62.5 Å². The van der Waals surface area contributed by atoms with Gasteiger partial charge < -0.3 is 14.6 Å². The van der Waals surface area contributed by atoms with Crippen molar-refractivity contribution in [1.29, 1.82) is 0 Å². The fourth-order valence-corrected chi connectivity index (χ4v) is 3.69. The highest BCUT2D eigenvalue weighted by Gasteiger charge is 2.27. The molecule has 1 aromatic rings. The zero-order valence-electron chi connectivity index (χ0n) is 12.5. The van der Waals surface area contributed by atoms with E-state index in [1.807, 2.05) is 11.6 Å². The molecule has 1 aromatic heterocycles. The molecule has 114 valence electrons. The smallest absolute Gasteiger partial charge is 0.341 e. The lowest BCUT2D eigenvalue weighted by Crippen LogP contribution is -2.38. The van der Waals surface area contributed by atoms with Gasteiger partial charge in [-0.25, -0.2) is 4.79 Å². The number of carbonyl (C=O) groups is 1. The molecule has 1 N–H and O–H groups in total. The highest BCUT2D eigenvalue weighted by molar-refractivity contribution is 5.87. The van der Waals surface area contributed by atoms with Gasteiger partial charge in [0.25, 0.3) is 5.56 Å². The quantitative estimate of drug-likeness (QED) is 0.905. The zero-order valence-corrected chi connectivity index (χ0v) is 12.5. The summed E-state index contributed by atoms with van der Waals surface area (Å²) in [5, 5.41) is 9.33. The van der Waals surface area contributed by atoms with E-state index in [9.17, 15) is 14.7 Å². The molecule has 5 nitrogen and oxygen atoms in total. The van der Waals surface area contributed by atoms with Gasteiger partial charge in [-0.2, -0.15) is 0 Å². The van der Waals surface area contributed by atoms with Gasteiger partial charge in [0.2, 0.25) is 0 Å². The molecule has 1 saturated carbocycles. The lowest BCUT2D eigenvalue weighted by Gasteiger charge is -2.32. The second kappa shape index (κ2) is 5.64. The van der Waals surface area contributed by atoms with Crippen molar-refractivity contribution in [2.75, 3.05) is 13.6 Å². The fraction of sp³-hybridized carbons (Fsp3) is 0.625. The molecule has 1 fully saturated rings. The van der Waals surface area contributed by atoms with E-state index >= 15 is 0 Å². The molecule has 5 heteroatoms. The van der Waals surface area contributed by atoms with Crippen LogP contribution in [0, 0.1) is 0 Å². The number of likely N-dealkylation sites (N-methyl/N-ethyl adjacent to an activating group) is 1. The number of pyridine rings is 1. The minimum Gasteiger partial charge on any atom is -0.477 e. The minimum atomic E-state index is -1.11. The number of fused-ring (bicyclic) bond motifs is 1. The van der Waals surface area contributed by atoms with Crippen LogP contribution in [0.4, 0.5) is 0 Å². The lowest BCUT2D eigenvalue weighted by molar-refractivity contribution is 0.0693. The second-order valence-corrected chi connectivity index (χ2v) is 6.29. The van der Waals surface area contributed by atoms with Gasteiger partial charge in [0, 0.05) is 31.2 Å². The number of rotatable bonds is 2. The Labute approximate surface area is 124 Å². The molecule has 0 amide bonds. The molecule has 0 aromatic carbocycles. The van der Waals surface area contributed by atoms with Gasteiger partial charge in [0.05, 0.1) is 0 Å². The Bertz CT molecular complexity index is 615. The van der Waals surface area contributed by atoms with Crippen LogP contribution in [-0.2, 0) is 13.0 Å². The van der Waals surface area contributed by atoms with E-state index in [2.05, 4.69) is 4.90 Å². The first-order chi connectivity index (χ1) is 10.1. The van der Waals surface area contributed by atoms with Crippen LogP contribution in [0.25, 0.3) is 0 Å². The molecule has 0 atom stereocenters. The highest BCUT2D eigenvalue weighted by Crippen LogP contribution is 2.30. The molecule has 0 saturated heterocycles. The van der Waals surface area contributed by atoms with Crippen molar-refractivity contribution in [2.24, 2.45) is 0 Å². The molecule has 2 heterocycles. The molecule has 0 spiro atoms. The first-order valence-corrected chi connectivity index (χ1v) is 7.77. The largest absolute Gasteiger partial charge is 0.477 e. The SMILES string of the molecule is CN1CCc2c(cc(C(=O)O)c(=O)n2C2CCCCC2)C1. The van der Waals surface area contributed by atoms with Crippen LogP contribution in [0.2, 0.25) is 0 Å². The predicted octanol–water partition coefficient (Wildman–Crippen LogP) is 2.04. The van der Waals surface area contributed by atoms with E-state index < -0.39 is 5.97 Å². The molecule has 2 aliphatic rings. The van der Waals surface area contributed by atoms with E-state index in [1.165, 1.54) is 6.42 Å². The molecule has 0 bridgehead atoms. The second-order valence-electron chi connectivity index (χ2n) is 6.29.